The molecule has 92 valence electrons. The molecule has 1 aromatic carbocycles. The van der Waals surface area contributed by atoms with Gasteiger partial charge < -0.3 is 4.90 Å². The Morgan fingerprint density at radius 3 is 2.35 bits per heavy atom. The molecule has 0 bridgehead atoms. The average molecular weight is 233 g/mol. The van der Waals surface area contributed by atoms with Crippen molar-refractivity contribution in [1.29, 1.82) is 0 Å². The molecule has 0 atom stereocenters. The van der Waals surface area contributed by atoms with Gasteiger partial charge in [0.25, 0.3) is 5.91 Å². The lowest BCUT2D eigenvalue weighted by Crippen LogP contribution is -2.30. The molecule has 4 heteroatoms. The van der Waals surface area contributed by atoms with Gasteiger partial charge in [-0.15, -0.1) is 0 Å². The number of rotatable bonds is 4. The van der Waals surface area contributed by atoms with E-state index in [1.165, 1.54) is 10.5 Å². The molecule has 0 spiro atoms. The van der Waals surface area contributed by atoms with E-state index in [4.69, 9.17) is 0 Å². The molecule has 0 heterocycles. The highest BCUT2D eigenvalue weighted by Gasteiger charge is 2.11. The topological polar surface area (TPSA) is 44.7 Å². The summed E-state index contributed by atoms with van der Waals surface area (Å²) in [6.45, 7) is 3.94. The lowest BCUT2D eigenvalue weighted by atomic mass is 10.2. The van der Waals surface area contributed by atoms with Gasteiger partial charge in [0.05, 0.1) is 5.69 Å². The van der Waals surface area contributed by atoms with Gasteiger partial charge in [0.1, 0.15) is 5.71 Å². The molecule has 1 aromatic rings. The first kappa shape index (κ1) is 13.2. The van der Waals surface area contributed by atoms with Gasteiger partial charge >= 0.3 is 0 Å². The largest absolute Gasteiger partial charge is 0.344 e. The molecular weight excluding hydrogens is 214 g/mol. The first-order valence-corrected chi connectivity index (χ1v) is 5.65. The monoisotopic (exact) mass is 233 g/mol. The van der Waals surface area contributed by atoms with Gasteiger partial charge in [-0.2, -0.15) is 5.10 Å². The van der Waals surface area contributed by atoms with Crippen LogP contribution in [0, 0.1) is 6.92 Å². The van der Waals surface area contributed by atoms with Crippen molar-refractivity contribution in [2.45, 2.75) is 20.3 Å². The van der Waals surface area contributed by atoms with Crippen LogP contribution in [-0.4, -0.2) is 30.6 Å². The second-order valence-electron chi connectivity index (χ2n) is 4.09. The van der Waals surface area contributed by atoms with E-state index in [0.717, 1.165) is 5.69 Å². The van der Waals surface area contributed by atoms with Crippen LogP contribution in [0.3, 0.4) is 0 Å². The number of hydrazone groups is 1. The maximum atomic E-state index is 11.7. The Hall–Kier alpha value is -1.84. The second-order valence-corrected chi connectivity index (χ2v) is 4.09. The second kappa shape index (κ2) is 6.03. The van der Waals surface area contributed by atoms with Crippen molar-refractivity contribution >= 4 is 17.3 Å². The fourth-order valence-electron chi connectivity index (χ4n) is 1.30. The highest BCUT2D eigenvalue weighted by Crippen LogP contribution is 2.08. The van der Waals surface area contributed by atoms with Crippen LogP contribution in [0.1, 0.15) is 18.9 Å². The fraction of sp³-hybridized carbons (Fsp3) is 0.385. The number of hydrogen-bond acceptors (Lipinski definition) is 3. The molecule has 1 amide bonds. The number of anilines is 1. The summed E-state index contributed by atoms with van der Waals surface area (Å²) in [6, 6.07) is 7.87. The summed E-state index contributed by atoms with van der Waals surface area (Å²) in [5, 5.41) is 4.14. The Morgan fingerprint density at radius 2 is 1.88 bits per heavy atom. The van der Waals surface area contributed by atoms with Crippen LogP contribution < -0.4 is 5.43 Å². The number of carbonyl (C=O) groups is 1. The third kappa shape index (κ3) is 3.90. The van der Waals surface area contributed by atoms with Crippen LogP contribution in [0.4, 0.5) is 5.69 Å². The minimum absolute atomic E-state index is 0.0629. The van der Waals surface area contributed by atoms with Crippen molar-refractivity contribution in [3.63, 3.8) is 0 Å². The minimum Gasteiger partial charge on any atom is -0.344 e. The van der Waals surface area contributed by atoms with E-state index in [0.29, 0.717) is 12.1 Å². The van der Waals surface area contributed by atoms with E-state index >= 15 is 0 Å². The molecule has 17 heavy (non-hydrogen) atoms. The number of carbonyl (C=O) groups excluding carboxylic acids is 1. The first-order valence-electron chi connectivity index (χ1n) is 5.65. The Balaban J connectivity index is 2.74. The summed E-state index contributed by atoms with van der Waals surface area (Å²) in [5.74, 6) is -0.0629. The zero-order valence-electron chi connectivity index (χ0n) is 10.8. The van der Waals surface area contributed by atoms with Crippen molar-refractivity contribution in [3.05, 3.63) is 29.8 Å². The summed E-state index contributed by atoms with van der Waals surface area (Å²) in [5.41, 5.74) is 5.50. The van der Waals surface area contributed by atoms with Gasteiger partial charge in [-0.05, 0) is 25.5 Å². The zero-order chi connectivity index (χ0) is 12.8. The van der Waals surface area contributed by atoms with Crippen LogP contribution in [0.5, 0.6) is 0 Å². The highest BCUT2D eigenvalue weighted by molar-refractivity contribution is 6.38. The molecule has 4 nitrogen and oxygen atoms in total. The summed E-state index contributed by atoms with van der Waals surface area (Å²) in [4.78, 5) is 13.2. The smallest absolute Gasteiger partial charge is 0.269 e. The summed E-state index contributed by atoms with van der Waals surface area (Å²) in [7, 11) is 3.44. The number of amides is 1. The SMILES string of the molecule is CC/C(=N/Nc1ccc(C)cc1)C(=O)N(C)C. The fourth-order valence-corrected chi connectivity index (χ4v) is 1.30. The van der Waals surface area contributed by atoms with Crippen molar-refractivity contribution in [1.82, 2.24) is 4.90 Å². The molecule has 0 aliphatic carbocycles. The van der Waals surface area contributed by atoms with Crippen LogP contribution >= 0.6 is 0 Å². The molecule has 0 saturated carbocycles. The van der Waals surface area contributed by atoms with Gasteiger partial charge in [-0.3, -0.25) is 10.2 Å². The Kier molecular flexibility index (Phi) is 4.69. The quantitative estimate of drug-likeness (QED) is 0.640. The number of nitrogens with one attached hydrogen (secondary N) is 1. The molecule has 0 fully saturated rings. The van der Waals surface area contributed by atoms with Crippen molar-refractivity contribution in [2.75, 3.05) is 19.5 Å². The van der Waals surface area contributed by atoms with Gasteiger partial charge in [0, 0.05) is 14.1 Å². The van der Waals surface area contributed by atoms with E-state index in [1.807, 2.05) is 38.1 Å². The van der Waals surface area contributed by atoms with E-state index in [2.05, 4.69) is 10.5 Å². The van der Waals surface area contributed by atoms with Gasteiger partial charge in [-0.25, -0.2) is 0 Å². The van der Waals surface area contributed by atoms with Crippen LogP contribution in [0.25, 0.3) is 0 Å². The first-order chi connectivity index (χ1) is 8.04. The molecule has 0 unspecified atom stereocenters. The molecule has 0 aromatic heterocycles. The average Bonchev–Trinajstić information content (AvgIpc) is 2.31. The maximum Gasteiger partial charge on any atom is 0.269 e. The maximum absolute atomic E-state index is 11.7. The predicted octanol–water partition coefficient (Wildman–Crippen LogP) is 2.26. The summed E-state index contributed by atoms with van der Waals surface area (Å²) < 4.78 is 0. The predicted molar refractivity (Wildman–Crippen MR) is 71.2 cm³/mol. The van der Waals surface area contributed by atoms with Crippen molar-refractivity contribution in [3.8, 4) is 0 Å². The molecule has 0 saturated heterocycles. The molecule has 1 N–H and O–H groups in total. The van der Waals surface area contributed by atoms with Gasteiger partial charge in [0.2, 0.25) is 0 Å². The normalized spacial score (nSPS) is 11.2. The number of benzene rings is 1. The number of hydrogen-bond donors (Lipinski definition) is 1. The Bertz CT molecular complexity index is 407. The van der Waals surface area contributed by atoms with E-state index in [9.17, 15) is 4.79 Å². The molecule has 0 radical (unpaired) electrons. The number of aryl methyl sites for hydroxylation is 1. The lowest BCUT2D eigenvalue weighted by Gasteiger charge is -2.11. The standard InChI is InChI=1S/C13H19N3O/c1-5-12(13(17)16(3)4)15-14-11-8-6-10(2)7-9-11/h6-9,14H,5H2,1-4H3/b15-12-. The lowest BCUT2D eigenvalue weighted by molar-refractivity contribution is -0.121. The highest BCUT2D eigenvalue weighted by atomic mass is 16.2. The van der Waals surface area contributed by atoms with E-state index < -0.39 is 0 Å². The van der Waals surface area contributed by atoms with Crippen molar-refractivity contribution < 1.29 is 4.79 Å². The third-order valence-corrected chi connectivity index (χ3v) is 2.36. The van der Waals surface area contributed by atoms with Crippen molar-refractivity contribution in [2.24, 2.45) is 5.10 Å². The minimum atomic E-state index is -0.0629. The molecule has 1 rings (SSSR count). The van der Waals surface area contributed by atoms with E-state index in [1.54, 1.807) is 14.1 Å². The zero-order valence-corrected chi connectivity index (χ0v) is 10.8. The van der Waals surface area contributed by atoms with Gasteiger partial charge in [-0.1, -0.05) is 24.6 Å². The van der Waals surface area contributed by atoms with Gasteiger partial charge in [0.15, 0.2) is 0 Å². The molecular formula is C13H19N3O. The molecule has 0 aliphatic rings. The molecule has 0 aliphatic heterocycles. The van der Waals surface area contributed by atoms with Crippen LogP contribution in [0.2, 0.25) is 0 Å². The van der Waals surface area contributed by atoms with Crippen LogP contribution in [0.15, 0.2) is 29.4 Å². The third-order valence-electron chi connectivity index (χ3n) is 2.36. The Labute approximate surface area is 102 Å². The number of nitrogens with zero attached hydrogens (tertiary/aromatic N) is 2. The van der Waals surface area contributed by atoms with E-state index in [-0.39, 0.29) is 5.91 Å². The Morgan fingerprint density at radius 1 is 1.29 bits per heavy atom. The summed E-state index contributed by atoms with van der Waals surface area (Å²) in [6.07, 6.45) is 0.607. The summed E-state index contributed by atoms with van der Waals surface area (Å²) >= 11 is 0. The van der Waals surface area contributed by atoms with Crippen LogP contribution in [-0.2, 0) is 4.79 Å².